The SMILES string of the molecule is Cn1nc(N)c2ccc([C@@H]3CCCN(CCOc4ccccc4)C3)nc21. The van der Waals surface area contributed by atoms with Crippen LogP contribution >= 0.6 is 0 Å². The van der Waals surface area contributed by atoms with Gasteiger partial charge in [0.15, 0.2) is 11.5 Å². The molecule has 0 saturated carbocycles. The maximum absolute atomic E-state index is 5.94. The zero-order chi connectivity index (χ0) is 17.9. The van der Waals surface area contributed by atoms with Crippen molar-refractivity contribution in [1.29, 1.82) is 0 Å². The average Bonchev–Trinajstić information content (AvgIpc) is 2.96. The van der Waals surface area contributed by atoms with Crippen LogP contribution in [0, 0.1) is 0 Å². The lowest BCUT2D eigenvalue weighted by molar-refractivity contribution is 0.169. The minimum absolute atomic E-state index is 0.445. The fourth-order valence-electron chi connectivity index (χ4n) is 3.71. The number of hydrogen-bond donors (Lipinski definition) is 1. The number of anilines is 1. The van der Waals surface area contributed by atoms with Crippen molar-refractivity contribution in [3.05, 3.63) is 48.2 Å². The maximum atomic E-state index is 5.94. The minimum Gasteiger partial charge on any atom is -0.492 e. The molecule has 2 aromatic heterocycles. The Bertz CT molecular complexity index is 877. The zero-order valence-corrected chi connectivity index (χ0v) is 15.1. The highest BCUT2D eigenvalue weighted by molar-refractivity contribution is 5.86. The molecule has 136 valence electrons. The van der Waals surface area contributed by atoms with Crippen molar-refractivity contribution < 1.29 is 4.74 Å². The van der Waals surface area contributed by atoms with Crippen molar-refractivity contribution in [2.75, 3.05) is 32.0 Å². The van der Waals surface area contributed by atoms with Gasteiger partial charge in [-0.3, -0.25) is 4.90 Å². The van der Waals surface area contributed by atoms with E-state index in [9.17, 15) is 0 Å². The molecule has 0 bridgehead atoms. The Morgan fingerprint density at radius 1 is 1.19 bits per heavy atom. The van der Waals surface area contributed by atoms with E-state index in [2.05, 4.69) is 22.1 Å². The molecule has 0 amide bonds. The fraction of sp³-hybridized carbons (Fsp3) is 0.400. The van der Waals surface area contributed by atoms with Crippen molar-refractivity contribution in [3.8, 4) is 5.75 Å². The lowest BCUT2D eigenvalue weighted by atomic mass is 9.94. The van der Waals surface area contributed by atoms with Gasteiger partial charge in [-0.05, 0) is 43.7 Å². The quantitative estimate of drug-likeness (QED) is 0.765. The van der Waals surface area contributed by atoms with Gasteiger partial charge in [0.05, 0.1) is 5.39 Å². The van der Waals surface area contributed by atoms with Crippen LogP contribution in [0.15, 0.2) is 42.5 Å². The van der Waals surface area contributed by atoms with Gasteiger partial charge in [-0.25, -0.2) is 9.67 Å². The smallest absolute Gasteiger partial charge is 0.159 e. The molecular formula is C20H25N5O. The molecule has 1 atom stereocenters. The van der Waals surface area contributed by atoms with Crippen LogP contribution < -0.4 is 10.5 Å². The normalized spacial score (nSPS) is 18.3. The number of nitrogens with two attached hydrogens (primary N) is 1. The lowest BCUT2D eigenvalue weighted by Crippen LogP contribution is -2.37. The van der Waals surface area contributed by atoms with Gasteiger partial charge in [-0.1, -0.05) is 18.2 Å². The Kier molecular flexibility index (Phi) is 4.75. The standard InChI is InChI=1S/C20H25N5O/c1-24-20-17(19(21)23-24)9-10-18(22-20)15-6-5-11-25(14-15)12-13-26-16-7-3-2-4-8-16/h2-4,7-10,15H,5-6,11-14H2,1H3,(H2,21,23)/t15-/m1/s1. The number of piperidine rings is 1. The van der Waals surface area contributed by atoms with E-state index in [4.69, 9.17) is 15.5 Å². The van der Waals surface area contributed by atoms with Crippen LogP contribution in [0.1, 0.15) is 24.5 Å². The number of benzene rings is 1. The van der Waals surface area contributed by atoms with Crippen LogP contribution in [0.5, 0.6) is 5.75 Å². The number of fused-ring (bicyclic) bond motifs is 1. The second-order valence-corrected chi connectivity index (χ2v) is 6.92. The molecule has 1 fully saturated rings. The third kappa shape index (κ3) is 3.51. The first kappa shape index (κ1) is 16.8. The Labute approximate surface area is 153 Å². The first-order chi connectivity index (χ1) is 12.7. The summed E-state index contributed by atoms with van der Waals surface area (Å²) in [5.74, 6) is 1.92. The molecule has 4 rings (SSSR count). The number of para-hydroxylation sites is 1. The van der Waals surface area contributed by atoms with Crippen LogP contribution in [0.25, 0.3) is 11.0 Å². The number of nitrogens with zero attached hydrogens (tertiary/aromatic N) is 4. The van der Waals surface area contributed by atoms with Gasteiger partial charge < -0.3 is 10.5 Å². The number of aryl methyl sites for hydroxylation is 1. The molecule has 26 heavy (non-hydrogen) atoms. The highest BCUT2D eigenvalue weighted by Crippen LogP contribution is 2.28. The maximum Gasteiger partial charge on any atom is 0.159 e. The topological polar surface area (TPSA) is 69.2 Å². The highest BCUT2D eigenvalue weighted by Gasteiger charge is 2.23. The number of aromatic nitrogens is 3. The second-order valence-electron chi connectivity index (χ2n) is 6.92. The summed E-state index contributed by atoms with van der Waals surface area (Å²) in [6.45, 7) is 3.79. The van der Waals surface area contributed by atoms with E-state index >= 15 is 0 Å². The molecule has 1 aliphatic rings. The molecule has 3 heterocycles. The van der Waals surface area contributed by atoms with E-state index in [1.807, 2.05) is 37.4 Å². The average molecular weight is 351 g/mol. The lowest BCUT2D eigenvalue weighted by Gasteiger charge is -2.32. The van der Waals surface area contributed by atoms with Gasteiger partial charge in [0, 0.05) is 31.7 Å². The number of nitrogen functional groups attached to an aromatic ring is 1. The van der Waals surface area contributed by atoms with Gasteiger partial charge >= 0.3 is 0 Å². The number of hydrogen-bond acceptors (Lipinski definition) is 5. The third-order valence-corrected chi connectivity index (χ3v) is 5.08. The molecule has 6 heteroatoms. The summed E-state index contributed by atoms with van der Waals surface area (Å²) >= 11 is 0. The molecule has 1 aliphatic heterocycles. The van der Waals surface area contributed by atoms with Gasteiger partial charge in [0.1, 0.15) is 12.4 Å². The molecule has 2 N–H and O–H groups in total. The molecule has 1 aromatic carbocycles. The highest BCUT2D eigenvalue weighted by atomic mass is 16.5. The largest absolute Gasteiger partial charge is 0.492 e. The van der Waals surface area contributed by atoms with Crippen LogP contribution in [0.4, 0.5) is 5.82 Å². The molecule has 3 aromatic rings. The molecule has 0 spiro atoms. The number of pyridine rings is 1. The van der Waals surface area contributed by atoms with Gasteiger partial charge in [-0.2, -0.15) is 5.10 Å². The molecule has 0 aliphatic carbocycles. The van der Waals surface area contributed by atoms with E-state index in [0.717, 1.165) is 42.1 Å². The van der Waals surface area contributed by atoms with Gasteiger partial charge in [0.2, 0.25) is 0 Å². The third-order valence-electron chi connectivity index (χ3n) is 5.08. The predicted molar refractivity (Wildman–Crippen MR) is 103 cm³/mol. The van der Waals surface area contributed by atoms with E-state index in [1.165, 1.54) is 12.8 Å². The first-order valence-corrected chi connectivity index (χ1v) is 9.20. The van der Waals surface area contributed by atoms with Crippen LogP contribution in [0.3, 0.4) is 0 Å². The molecule has 0 radical (unpaired) electrons. The molecule has 0 unspecified atom stereocenters. The van der Waals surface area contributed by atoms with E-state index in [0.29, 0.717) is 18.3 Å². The Morgan fingerprint density at radius 2 is 2.04 bits per heavy atom. The second kappa shape index (κ2) is 7.33. The van der Waals surface area contributed by atoms with Crippen molar-refractivity contribution in [2.45, 2.75) is 18.8 Å². The monoisotopic (exact) mass is 351 g/mol. The summed E-state index contributed by atoms with van der Waals surface area (Å²) in [5, 5.41) is 5.20. The van der Waals surface area contributed by atoms with Crippen LogP contribution in [-0.4, -0.2) is 45.9 Å². The predicted octanol–water partition coefficient (Wildman–Crippen LogP) is 2.81. The summed E-state index contributed by atoms with van der Waals surface area (Å²) in [6, 6.07) is 14.2. The zero-order valence-electron chi connectivity index (χ0n) is 15.1. The summed E-state index contributed by atoms with van der Waals surface area (Å²) in [7, 11) is 1.89. The van der Waals surface area contributed by atoms with Crippen LogP contribution in [-0.2, 0) is 7.05 Å². The Morgan fingerprint density at radius 3 is 2.88 bits per heavy atom. The Balaban J connectivity index is 1.39. The minimum atomic E-state index is 0.445. The summed E-state index contributed by atoms with van der Waals surface area (Å²) < 4.78 is 7.61. The molecule has 6 nitrogen and oxygen atoms in total. The number of ether oxygens (including phenoxy) is 1. The first-order valence-electron chi connectivity index (χ1n) is 9.20. The van der Waals surface area contributed by atoms with Gasteiger partial charge in [-0.15, -0.1) is 0 Å². The molecule has 1 saturated heterocycles. The number of rotatable bonds is 5. The van der Waals surface area contributed by atoms with Crippen molar-refractivity contribution in [2.24, 2.45) is 7.05 Å². The molecular weight excluding hydrogens is 326 g/mol. The van der Waals surface area contributed by atoms with E-state index in [1.54, 1.807) is 4.68 Å². The van der Waals surface area contributed by atoms with E-state index in [-0.39, 0.29) is 0 Å². The summed E-state index contributed by atoms with van der Waals surface area (Å²) in [5.41, 5.74) is 7.94. The summed E-state index contributed by atoms with van der Waals surface area (Å²) in [6.07, 6.45) is 2.35. The van der Waals surface area contributed by atoms with Crippen molar-refractivity contribution in [1.82, 2.24) is 19.7 Å². The van der Waals surface area contributed by atoms with Crippen molar-refractivity contribution >= 4 is 16.9 Å². The fourth-order valence-corrected chi connectivity index (χ4v) is 3.71. The summed E-state index contributed by atoms with van der Waals surface area (Å²) in [4.78, 5) is 7.32. The van der Waals surface area contributed by atoms with E-state index < -0.39 is 0 Å². The Hall–Kier alpha value is -2.60. The van der Waals surface area contributed by atoms with Crippen molar-refractivity contribution in [3.63, 3.8) is 0 Å². The van der Waals surface area contributed by atoms with Crippen LogP contribution in [0.2, 0.25) is 0 Å². The van der Waals surface area contributed by atoms with Gasteiger partial charge in [0.25, 0.3) is 0 Å². The number of likely N-dealkylation sites (tertiary alicyclic amines) is 1.